The summed E-state index contributed by atoms with van der Waals surface area (Å²) >= 11 is 0. The number of aryl methyl sites for hydroxylation is 1. The Balaban J connectivity index is 2.12. The highest BCUT2D eigenvalue weighted by atomic mass is 16.2. The van der Waals surface area contributed by atoms with E-state index in [0.717, 1.165) is 11.1 Å². The number of nitrogens with one attached hydrogen (secondary N) is 1. The van der Waals surface area contributed by atoms with Crippen molar-refractivity contribution in [3.8, 4) is 0 Å². The summed E-state index contributed by atoms with van der Waals surface area (Å²) in [4.78, 5) is 25.1. The Hall–Kier alpha value is -1.84. The number of urea groups is 1. The van der Waals surface area contributed by atoms with Crippen molar-refractivity contribution in [3.05, 3.63) is 35.4 Å². The molecule has 1 saturated heterocycles. The van der Waals surface area contributed by atoms with E-state index in [2.05, 4.69) is 5.32 Å². The maximum atomic E-state index is 12.1. The van der Waals surface area contributed by atoms with Gasteiger partial charge in [-0.3, -0.25) is 9.69 Å². The Labute approximate surface area is 107 Å². The van der Waals surface area contributed by atoms with Gasteiger partial charge < -0.3 is 5.32 Å². The molecule has 1 unspecified atom stereocenters. The van der Waals surface area contributed by atoms with Crippen LogP contribution in [-0.2, 0) is 11.3 Å². The van der Waals surface area contributed by atoms with Gasteiger partial charge in [-0.05, 0) is 18.4 Å². The molecule has 4 heteroatoms. The molecule has 2 rings (SSSR count). The van der Waals surface area contributed by atoms with Crippen LogP contribution >= 0.6 is 0 Å². The molecular formula is C14H18N2O2. The molecule has 1 atom stereocenters. The van der Waals surface area contributed by atoms with E-state index in [4.69, 9.17) is 0 Å². The van der Waals surface area contributed by atoms with Gasteiger partial charge in [0.25, 0.3) is 5.91 Å². The van der Waals surface area contributed by atoms with Crippen LogP contribution < -0.4 is 5.32 Å². The van der Waals surface area contributed by atoms with Crippen LogP contribution in [0.1, 0.15) is 25.0 Å². The number of imide groups is 1. The topological polar surface area (TPSA) is 49.4 Å². The average molecular weight is 246 g/mol. The lowest BCUT2D eigenvalue weighted by atomic mass is 10.0. The fourth-order valence-corrected chi connectivity index (χ4v) is 2.02. The lowest BCUT2D eigenvalue weighted by Crippen LogP contribution is -2.34. The zero-order valence-electron chi connectivity index (χ0n) is 10.9. The summed E-state index contributed by atoms with van der Waals surface area (Å²) in [7, 11) is 0. The second kappa shape index (κ2) is 4.80. The Kier molecular flexibility index (Phi) is 3.36. The minimum Gasteiger partial charge on any atom is -0.326 e. The van der Waals surface area contributed by atoms with E-state index in [0.29, 0.717) is 6.54 Å². The Morgan fingerprint density at radius 2 is 1.83 bits per heavy atom. The Morgan fingerprint density at radius 1 is 1.22 bits per heavy atom. The fourth-order valence-electron chi connectivity index (χ4n) is 2.02. The summed E-state index contributed by atoms with van der Waals surface area (Å²) < 4.78 is 0. The number of amides is 3. The maximum absolute atomic E-state index is 12.1. The van der Waals surface area contributed by atoms with Gasteiger partial charge in [-0.25, -0.2) is 4.79 Å². The molecule has 1 aromatic carbocycles. The number of rotatable bonds is 3. The zero-order valence-corrected chi connectivity index (χ0v) is 10.9. The summed E-state index contributed by atoms with van der Waals surface area (Å²) in [6.07, 6.45) is 0. The lowest BCUT2D eigenvalue weighted by Gasteiger charge is -2.14. The van der Waals surface area contributed by atoms with Gasteiger partial charge in [0.2, 0.25) is 0 Å². The number of benzene rings is 1. The van der Waals surface area contributed by atoms with Gasteiger partial charge in [-0.15, -0.1) is 0 Å². The molecule has 1 heterocycles. The first-order valence-corrected chi connectivity index (χ1v) is 6.16. The highest BCUT2D eigenvalue weighted by Gasteiger charge is 2.39. The van der Waals surface area contributed by atoms with Crippen LogP contribution in [0.25, 0.3) is 0 Å². The quantitative estimate of drug-likeness (QED) is 0.830. The van der Waals surface area contributed by atoms with Gasteiger partial charge in [-0.1, -0.05) is 43.7 Å². The van der Waals surface area contributed by atoms with E-state index in [1.165, 1.54) is 4.90 Å². The average Bonchev–Trinajstić information content (AvgIpc) is 2.60. The molecular weight excluding hydrogens is 228 g/mol. The second-order valence-corrected chi connectivity index (χ2v) is 5.08. The van der Waals surface area contributed by atoms with Crippen molar-refractivity contribution in [2.24, 2.45) is 5.92 Å². The molecule has 4 nitrogen and oxygen atoms in total. The van der Waals surface area contributed by atoms with Gasteiger partial charge in [0, 0.05) is 0 Å². The third kappa shape index (κ3) is 2.37. The molecule has 1 aliphatic rings. The molecule has 0 spiro atoms. The van der Waals surface area contributed by atoms with Gasteiger partial charge >= 0.3 is 6.03 Å². The monoisotopic (exact) mass is 246 g/mol. The molecule has 1 aliphatic heterocycles. The predicted molar refractivity (Wildman–Crippen MR) is 68.9 cm³/mol. The molecule has 0 aliphatic carbocycles. The highest BCUT2D eigenvalue weighted by molar-refractivity contribution is 6.04. The first kappa shape index (κ1) is 12.6. The first-order chi connectivity index (χ1) is 8.49. The van der Waals surface area contributed by atoms with Crippen LogP contribution in [0.15, 0.2) is 24.3 Å². The minimum absolute atomic E-state index is 0.115. The van der Waals surface area contributed by atoms with Gasteiger partial charge in [-0.2, -0.15) is 0 Å². The molecule has 3 amide bonds. The normalized spacial score (nSPS) is 19.6. The maximum Gasteiger partial charge on any atom is 0.325 e. The zero-order chi connectivity index (χ0) is 13.3. The molecule has 1 aromatic rings. The summed E-state index contributed by atoms with van der Waals surface area (Å²) in [6, 6.07) is 7.17. The Morgan fingerprint density at radius 3 is 2.33 bits per heavy atom. The van der Waals surface area contributed by atoms with Crippen molar-refractivity contribution in [2.75, 3.05) is 0 Å². The second-order valence-electron chi connectivity index (χ2n) is 5.08. The molecule has 0 saturated carbocycles. The largest absolute Gasteiger partial charge is 0.326 e. The van der Waals surface area contributed by atoms with Crippen molar-refractivity contribution in [2.45, 2.75) is 33.4 Å². The van der Waals surface area contributed by atoms with Gasteiger partial charge in [0.1, 0.15) is 6.04 Å². The molecule has 0 aromatic heterocycles. The van der Waals surface area contributed by atoms with Crippen molar-refractivity contribution in [1.29, 1.82) is 0 Å². The van der Waals surface area contributed by atoms with Crippen LogP contribution in [0, 0.1) is 12.8 Å². The lowest BCUT2D eigenvalue weighted by molar-refractivity contribution is -0.128. The SMILES string of the molecule is Cc1ccc(CN2C(=O)NC(C(C)C)C2=O)cc1. The third-order valence-corrected chi connectivity index (χ3v) is 3.18. The number of hydrogen-bond acceptors (Lipinski definition) is 2. The van der Waals surface area contributed by atoms with Crippen LogP contribution in [0.2, 0.25) is 0 Å². The number of carbonyl (C=O) groups is 2. The molecule has 0 radical (unpaired) electrons. The first-order valence-electron chi connectivity index (χ1n) is 6.16. The predicted octanol–water partition coefficient (Wildman–Crippen LogP) is 2.07. The summed E-state index contributed by atoms with van der Waals surface area (Å²) in [5.41, 5.74) is 2.13. The molecule has 1 fully saturated rings. The van der Waals surface area contributed by atoms with E-state index in [9.17, 15) is 9.59 Å². The summed E-state index contributed by atoms with van der Waals surface area (Å²) in [5, 5.41) is 2.72. The molecule has 96 valence electrons. The van der Waals surface area contributed by atoms with Gasteiger partial charge in [0.05, 0.1) is 6.54 Å². The number of hydrogen-bond donors (Lipinski definition) is 1. The molecule has 1 N–H and O–H groups in total. The summed E-state index contributed by atoms with van der Waals surface area (Å²) in [6.45, 7) is 6.21. The standard InChI is InChI=1S/C14H18N2O2/c1-9(2)12-13(17)16(14(18)15-12)8-11-6-4-10(3)5-7-11/h4-7,9,12H,8H2,1-3H3,(H,15,18). The van der Waals surface area contributed by atoms with Crippen molar-refractivity contribution in [1.82, 2.24) is 10.2 Å². The minimum atomic E-state index is -0.386. The van der Waals surface area contributed by atoms with Crippen LogP contribution in [0.5, 0.6) is 0 Å². The highest BCUT2D eigenvalue weighted by Crippen LogP contribution is 2.16. The van der Waals surface area contributed by atoms with Crippen LogP contribution in [-0.4, -0.2) is 22.9 Å². The molecule has 18 heavy (non-hydrogen) atoms. The fraction of sp³-hybridized carbons (Fsp3) is 0.429. The third-order valence-electron chi connectivity index (χ3n) is 3.18. The van der Waals surface area contributed by atoms with Crippen molar-refractivity contribution < 1.29 is 9.59 Å². The van der Waals surface area contributed by atoms with Gasteiger partial charge in [0.15, 0.2) is 0 Å². The van der Waals surface area contributed by atoms with E-state index in [1.54, 1.807) is 0 Å². The Bertz CT molecular complexity index is 465. The van der Waals surface area contributed by atoms with E-state index < -0.39 is 0 Å². The van der Waals surface area contributed by atoms with Crippen LogP contribution in [0.4, 0.5) is 4.79 Å². The van der Waals surface area contributed by atoms with Crippen LogP contribution in [0.3, 0.4) is 0 Å². The van der Waals surface area contributed by atoms with Crippen molar-refractivity contribution in [3.63, 3.8) is 0 Å². The van der Waals surface area contributed by atoms with E-state index in [-0.39, 0.29) is 23.9 Å². The van der Waals surface area contributed by atoms with E-state index >= 15 is 0 Å². The molecule has 0 bridgehead atoms. The van der Waals surface area contributed by atoms with E-state index in [1.807, 2.05) is 45.0 Å². The summed E-state index contributed by atoms with van der Waals surface area (Å²) in [5.74, 6) is -0.0138. The smallest absolute Gasteiger partial charge is 0.325 e. The number of carbonyl (C=O) groups excluding carboxylic acids is 2. The van der Waals surface area contributed by atoms with Crippen molar-refractivity contribution >= 4 is 11.9 Å². The number of nitrogens with zero attached hydrogens (tertiary/aromatic N) is 1.